The first-order valence-corrected chi connectivity index (χ1v) is 4.99. The van der Waals surface area contributed by atoms with Gasteiger partial charge in [-0.15, -0.1) is 0 Å². The number of hydrogen-bond acceptors (Lipinski definition) is 1. The zero-order valence-corrected chi connectivity index (χ0v) is 9.18. The lowest BCUT2D eigenvalue weighted by atomic mass is 10.1. The van der Waals surface area contributed by atoms with E-state index in [-0.39, 0.29) is 5.82 Å². The lowest BCUT2D eigenvalue weighted by Gasteiger charge is -2.09. The second-order valence-corrected chi connectivity index (χ2v) is 4.00. The zero-order valence-electron chi connectivity index (χ0n) is 9.18. The summed E-state index contributed by atoms with van der Waals surface area (Å²) in [5, 5.41) is 0. The van der Waals surface area contributed by atoms with Crippen molar-refractivity contribution in [2.75, 3.05) is 20.6 Å². The number of benzene rings is 1. The quantitative estimate of drug-likeness (QED) is 0.714. The number of aryl methyl sites for hydroxylation is 2. The van der Waals surface area contributed by atoms with Crippen LogP contribution < -0.4 is 0 Å². The average Bonchev–Trinajstić information content (AvgIpc) is 2.08. The predicted octanol–water partition coefficient (Wildman–Crippen LogP) is 2.63. The second kappa shape index (κ2) is 5.11. The van der Waals surface area contributed by atoms with Crippen LogP contribution in [0.3, 0.4) is 0 Å². The van der Waals surface area contributed by atoms with Gasteiger partial charge in [0.1, 0.15) is 5.82 Å². The third-order valence-corrected chi connectivity index (χ3v) is 2.26. The Labute approximate surface area is 85.5 Å². The summed E-state index contributed by atoms with van der Waals surface area (Å²) in [6, 6.07) is 5.46. The van der Waals surface area contributed by atoms with Crippen LogP contribution in [0.1, 0.15) is 17.5 Å². The maximum absolute atomic E-state index is 13.4. The van der Waals surface area contributed by atoms with Gasteiger partial charge >= 0.3 is 0 Å². The minimum atomic E-state index is -0.0660. The molecule has 0 radical (unpaired) electrons. The van der Waals surface area contributed by atoms with E-state index in [1.807, 2.05) is 33.2 Å². The van der Waals surface area contributed by atoms with Crippen LogP contribution in [-0.2, 0) is 6.42 Å². The maximum atomic E-state index is 13.4. The molecule has 0 aliphatic carbocycles. The molecule has 0 aliphatic rings. The van der Waals surface area contributed by atoms with Gasteiger partial charge < -0.3 is 4.90 Å². The third-order valence-electron chi connectivity index (χ3n) is 2.26. The van der Waals surface area contributed by atoms with Gasteiger partial charge in [0.15, 0.2) is 0 Å². The van der Waals surface area contributed by atoms with Crippen molar-refractivity contribution in [3.05, 3.63) is 35.1 Å². The minimum Gasteiger partial charge on any atom is -0.309 e. The lowest BCUT2D eigenvalue weighted by molar-refractivity contribution is 0.399. The highest BCUT2D eigenvalue weighted by Gasteiger charge is 2.01. The van der Waals surface area contributed by atoms with Crippen molar-refractivity contribution in [3.8, 4) is 0 Å². The van der Waals surface area contributed by atoms with Crippen molar-refractivity contribution in [1.82, 2.24) is 4.90 Å². The van der Waals surface area contributed by atoms with E-state index >= 15 is 0 Å². The highest BCUT2D eigenvalue weighted by atomic mass is 19.1. The van der Waals surface area contributed by atoms with Gasteiger partial charge in [-0.25, -0.2) is 4.39 Å². The molecular weight excluding hydrogens is 177 g/mol. The average molecular weight is 195 g/mol. The summed E-state index contributed by atoms with van der Waals surface area (Å²) >= 11 is 0. The summed E-state index contributed by atoms with van der Waals surface area (Å²) in [5.41, 5.74) is 1.82. The number of halogens is 1. The molecule has 0 bridgehead atoms. The molecule has 1 aromatic carbocycles. The fraction of sp³-hybridized carbons (Fsp3) is 0.500. The van der Waals surface area contributed by atoms with Crippen LogP contribution in [0.15, 0.2) is 18.2 Å². The van der Waals surface area contributed by atoms with Gasteiger partial charge in [-0.05, 0) is 57.6 Å². The minimum absolute atomic E-state index is 0.0660. The molecule has 0 aromatic heterocycles. The van der Waals surface area contributed by atoms with E-state index in [1.54, 1.807) is 6.07 Å². The lowest BCUT2D eigenvalue weighted by Crippen LogP contribution is -2.13. The molecule has 0 spiro atoms. The van der Waals surface area contributed by atoms with Gasteiger partial charge in [0.25, 0.3) is 0 Å². The van der Waals surface area contributed by atoms with Crippen molar-refractivity contribution in [3.63, 3.8) is 0 Å². The van der Waals surface area contributed by atoms with Crippen LogP contribution in [0, 0.1) is 12.7 Å². The molecule has 1 aromatic rings. The number of nitrogens with zero attached hydrogens (tertiary/aromatic N) is 1. The first kappa shape index (κ1) is 11.2. The van der Waals surface area contributed by atoms with Crippen molar-refractivity contribution < 1.29 is 4.39 Å². The van der Waals surface area contributed by atoms with E-state index in [0.29, 0.717) is 0 Å². The normalized spacial score (nSPS) is 10.9. The Hall–Kier alpha value is -0.890. The fourth-order valence-electron chi connectivity index (χ4n) is 1.44. The highest BCUT2D eigenvalue weighted by molar-refractivity contribution is 5.23. The Balaban J connectivity index is 2.51. The summed E-state index contributed by atoms with van der Waals surface area (Å²) in [4.78, 5) is 2.12. The third kappa shape index (κ3) is 3.46. The molecule has 0 fully saturated rings. The van der Waals surface area contributed by atoms with Gasteiger partial charge in [-0.3, -0.25) is 0 Å². The molecule has 78 valence electrons. The molecule has 0 aliphatic heterocycles. The predicted molar refractivity (Wildman–Crippen MR) is 58.0 cm³/mol. The molecule has 2 heteroatoms. The van der Waals surface area contributed by atoms with Crippen LogP contribution in [0.5, 0.6) is 0 Å². The van der Waals surface area contributed by atoms with Crippen LogP contribution in [0.25, 0.3) is 0 Å². The molecule has 1 nitrogen and oxygen atoms in total. The van der Waals surface area contributed by atoms with Crippen molar-refractivity contribution in [2.45, 2.75) is 19.8 Å². The summed E-state index contributed by atoms with van der Waals surface area (Å²) < 4.78 is 13.4. The molecular formula is C12H18FN. The Kier molecular flexibility index (Phi) is 4.08. The standard InChI is InChI=1S/C12H18FN/c1-10-6-7-11(12(13)9-10)5-4-8-14(2)3/h6-7,9H,4-5,8H2,1-3H3. The van der Waals surface area contributed by atoms with E-state index in [0.717, 1.165) is 30.5 Å². The molecule has 0 saturated heterocycles. The smallest absolute Gasteiger partial charge is 0.126 e. The Morgan fingerprint density at radius 2 is 2.00 bits per heavy atom. The van der Waals surface area contributed by atoms with Crippen molar-refractivity contribution in [2.24, 2.45) is 0 Å². The van der Waals surface area contributed by atoms with Crippen LogP contribution in [0.2, 0.25) is 0 Å². The van der Waals surface area contributed by atoms with Gasteiger partial charge in [-0.1, -0.05) is 12.1 Å². The Bertz CT molecular complexity index is 294. The van der Waals surface area contributed by atoms with E-state index in [4.69, 9.17) is 0 Å². The van der Waals surface area contributed by atoms with E-state index in [1.165, 1.54) is 0 Å². The largest absolute Gasteiger partial charge is 0.309 e. The van der Waals surface area contributed by atoms with E-state index in [9.17, 15) is 4.39 Å². The fourth-order valence-corrected chi connectivity index (χ4v) is 1.44. The van der Waals surface area contributed by atoms with Gasteiger partial charge in [0, 0.05) is 0 Å². The van der Waals surface area contributed by atoms with Gasteiger partial charge in [-0.2, -0.15) is 0 Å². The Morgan fingerprint density at radius 1 is 1.29 bits per heavy atom. The first-order chi connectivity index (χ1) is 6.59. The van der Waals surface area contributed by atoms with Crippen LogP contribution in [-0.4, -0.2) is 25.5 Å². The molecule has 0 unspecified atom stereocenters. The SMILES string of the molecule is Cc1ccc(CCCN(C)C)c(F)c1. The zero-order chi connectivity index (χ0) is 10.6. The molecule has 0 N–H and O–H groups in total. The monoisotopic (exact) mass is 195 g/mol. The maximum Gasteiger partial charge on any atom is 0.126 e. The van der Waals surface area contributed by atoms with E-state index in [2.05, 4.69) is 4.90 Å². The van der Waals surface area contributed by atoms with Crippen LogP contribution >= 0.6 is 0 Å². The second-order valence-electron chi connectivity index (χ2n) is 4.00. The molecule has 0 saturated carbocycles. The Morgan fingerprint density at radius 3 is 2.57 bits per heavy atom. The first-order valence-electron chi connectivity index (χ1n) is 4.99. The topological polar surface area (TPSA) is 3.24 Å². The van der Waals surface area contributed by atoms with E-state index < -0.39 is 0 Å². The molecule has 1 rings (SSSR count). The van der Waals surface area contributed by atoms with Crippen LogP contribution in [0.4, 0.5) is 4.39 Å². The number of rotatable bonds is 4. The highest BCUT2D eigenvalue weighted by Crippen LogP contribution is 2.11. The molecule has 0 atom stereocenters. The summed E-state index contributed by atoms with van der Waals surface area (Å²) in [6.45, 7) is 2.92. The summed E-state index contributed by atoms with van der Waals surface area (Å²) in [6.07, 6.45) is 1.83. The molecule has 0 heterocycles. The van der Waals surface area contributed by atoms with Crippen molar-refractivity contribution >= 4 is 0 Å². The summed E-state index contributed by atoms with van der Waals surface area (Å²) in [5.74, 6) is -0.0660. The van der Waals surface area contributed by atoms with Gasteiger partial charge in [0.05, 0.1) is 0 Å². The number of hydrogen-bond donors (Lipinski definition) is 0. The molecule has 0 amide bonds. The summed E-state index contributed by atoms with van der Waals surface area (Å²) in [7, 11) is 4.07. The molecule has 14 heavy (non-hydrogen) atoms. The van der Waals surface area contributed by atoms with Gasteiger partial charge in [0.2, 0.25) is 0 Å². The van der Waals surface area contributed by atoms with Crippen molar-refractivity contribution in [1.29, 1.82) is 0 Å².